The quantitative estimate of drug-likeness (QED) is 0.848. The number of hydrogen-bond acceptors (Lipinski definition) is 4. The van der Waals surface area contributed by atoms with Gasteiger partial charge in [-0.1, -0.05) is 26.0 Å². The van der Waals surface area contributed by atoms with Crippen molar-refractivity contribution in [1.29, 1.82) is 0 Å². The number of ether oxygens (including phenoxy) is 1. The molecule has 19 heavy (non-hydrogen) atoms. The maximum Gasteiger partial charge on any atom is 0.169 e. The number of aromatic nitrogens is 3. The Bertz CT molecular complexity index is 482. The Labute approximate surface area is 115 Å². The summed E-state index contributed by atoms with van der Waals surface area (Å²) >= 11 is 0. The minimum atomic E-state index is -0.274. The molecule has 0 aromatic carbocycles. The highest BCUT2D eigenvalue weighted by atomic mass is 16.5. The fourth-order valence-corrected chi connectivity index (χ4v) is 3.17. The molecule has 0 radical (unpaired) electrons. The highest BCUT2D eigenvalue weighted by molar-refractivity contribution is 5.38. The first-order valence-corrected chi connectivity index (χ1v) is 6.85. The molecular weight excluding hydrogens is 240 g/mol. The van der Waals surface area contributed by atoms with Gasteiger partial charge in [-0.05, 0) is 27.7 Å². The van der Waals surface area contributed by atoms with Crippen LogP contribution in [0.3, 0.4) is 0 Å². The highest BCUT2D eigenvalue weighted by Gasteiger charge is 2.48. The molecule has 1 unspecified atom stereocenters. The topological polar surface area (TPSA) is 66.0 Å². The van der Waals surface area contributed by atoms with E-state index in [0.29, 0.717) is 5.82 Å². The molecule has 1 aliphatic heterocycles. The molecule has 2 rings (SSSR count). The average molecular weight is 266 g/mol. The summed E-state index contributed by atoms with van der Waals surface area (Å²) in [6.45, 7) is 14.8. The molecule has 1 fully saturated rings. The van der Waals surface area contributed by atoms with Crippen LogP contribution in [0.1, 0.15) is 66.6 Å². The molecule has 1 atom stereocenters. The normalized spacial score (nSPS) is 25.7. The van der Waals surface area contributed by atoms with Crippen LogP contribution in [-0.4, -0.2) is 26.2 Å². The van der Waals surface area contributed by atoms with Gasteiger partial charge in [-0.25, -0.2) is 4.68 Å². The third-order valence-electron chi connectivity index (χ3n) is 3.75. The van der Waals surface area contributed by atoms with E-state index in [0.717, 1.165) is 12.1 Å². The van der Waals surface area contributed by atoms with Gasteiger partial charge >= 0.3 is 0 Å². The van der Waals surface area contributed by atoms with E-state index >= 15 is 0 Å². The van der Waals surface area contributed by atoms with Gasteiger partial charge in [-0.3, -0.25) is 0 Å². The van der Waals surface area contributed by atoms with Crippen LogP contribution < -0.4 is 5.73 Å². The predicted molar refractivity (Wildman–Crippen MR) is 76.0 cm³/mol. The smallest absolute Gasteiger partial charge is 0.169 e. The molecule has 0 spiro atoms. The zero-order valence-electron chi connectivity index (χ0n) is 13.1. The van der Waals surface area contributed by atoms with Crippen LogP contribution in [0.5, 0.6) is 0 Å². The largest absolute Gasteiger partial charge is 0.381 e. The Kier molecular flexibility index (Phi) is 2.97. The standard InChI is InChI=1S/C14H26N4O/c1-12(2,3)10-11(15)16-17-18(10)9-8-13(4,5)19-14(9,6)7/h9H,8,15H2,1-7H3. The lowest BCUT2D eigenvalue weighted by molar-refractivity contribution is -0.0741. The van der Waals surface area contributed by atoms with Crippen LogP contribution in [0.25, 0.3) is 0 Å². The first-order chi connectivity index (χ1) is 8.44. The summed E-state index contributed by atoms with van der Waals surface area (Å²) in [6.07, 6.45) is 0.909. The summed E-state index contributed by atoms with van der Waals surface area (Å²) in [5, 5.41) is 8.36. The van der Waals surface area contributed by atoms with Crippen molar-refractivity contribution in [3.8, 4) is 0 Å². The van der Waals surface area contributed by atoms with E-state index in [1.165, 1.54) is 0 Å². The summed E-state index contributed by atoms with van der Waals surface area (Å²) in [5.74, 6) is 0.521. The van der Waals surface area contributed by atoms with E-state index in [9.17, 15) is 0 Å². The zero-order chi connectivity index (χ0) is 14.6. The molecule has 0 bridgehead atoms. The second kappa shape index (κ2) is 3.95. The van der Waals surface area contributed by atoms with Crippen molar-refractivity contribution in [3.63, 3.8) is 0 Å². The van der Waals surface area contributed by atoms with E-state index in [2.05, 4.69) is 58.8 Å². The number of nitrogens with zero attached hydrogens (tertiary/aromatic N) is 3. The Hall–Kier alpha value is -1.10. The van der Waals surface area contributed by atoms with Gasteiger partial charge in [-0.2, -0.15) is 0 Å². The predicted octanol–water partition coefficient (Wildman–Crippen LogP) is 2.68. The van der Waals surface area contributed by atoms with Gasteiger partial charge in [0.05, 0.1) is 22.9 Å². The molecule has 0 amide bonds. The van der Waals surface area contributed by atoms with Crippen molar-refractivity contribution in [2.24, 2.45) is 0 Å². The molecule has 1 saturated heterocycles. The van der Waals surface area contributed by atoms with Crippen LogP contribution in [0.15, 0.2) is 0 Å². The van der Waals surface area contributed by atoms with E-state index < -0.39 is 0 Å². The first-order valence-electron chi connectivity index (χ1n) is 6.85. The van der Waals surface area contributed by atoms with Crippen LogP contribution in [-0.2, 0) is 10.2 Å². The lowest BCUT2D eigenvalue weighted by Gasteiger charge is -2.30. The van der Waals surface area contributed by atoms with Gasteiger partial charge in [0.25, 0.3) is 0 Å². The molecule has 5 nitrogen and oxygen atoms in total. The van der Waals surface area contributed by atoms with E-state index in [4.69, 9.17) is 10.5 Å². The van der Waals surface area contributed by atoms with Crippen molar-refractivity contribution in [1.82, 2.24) is 15.0 Å². The SMILES string of the molecule is CC1(C)CC(n2nnc(N)c2C(C)(C)C)C(C)(C)O1. The van der Waals surface area contributed by atoms with E-state index in [1.807, 2.05) is 4.68 Å². The van der Waals surface area contributed by atoms with E-state index in [1.54, 1.807) is 0 Å². The molecule has 0 aliphatic carbocycles. The molecule has 1 aliphatic rings. The Morgan fingerprint density at radius 3 is 2.26 bits per heavy atom. The van der Waals surface area contributed by atoms with E-state index in [-0.39, 0.29) is 22.7 Å². The van der Waals surface area contributed by atoms with Gasteiger partial charge in [0, 0.05) is 11.8 Å². The Morgan fingerprint density at radius 1 is 1.26 bits per heavy atom. The number of rotatable bonds is 1. The summed E-state index contributed by atoms with van der Waals surface area (Å²) in [4.78, 5) is 0. The molecule has 0 saturated carbocycles. The minimum absolute atomic E-state index is 0.0869. The van der Waals surface area contributed by atoms with Crippen molar-refractivity contribution in [2.45, 2.75) is 77.5 Å². The lowest BCUT2D eigenvalue weighted by atomic mass is 9.89. The molecule has 2 heterocycles. The fraction of sp³-hybridized carbons (Fsp3) is 0.857. The number of nitrogens with two attached hydrogens (primary N) is 1. The first kappa shape index (κ1) is 14.3. The Morgan fingerprint density at radius 2 is 1.84 bits per heavy atom. The molecular formula is C14H26N4O. The summed E-state index contributed by atoms with van der Waals surface area (Å²) in [5.41, 5.74) is 6.50. The van der Waals surface area contributed by atoms with Crippen molar-refractivity contribution >= 4 is 5.82 Å². The second-order valence-electron chi connectivity index (χ2n) is 7.70. The lowest BCUT2D eigenvalue weighted by Crippen LogP contribution is -2.34. The number of hydrogen-bond donors (Lipinski definition) is 1. The summed E-state index contributed by atoms with van der Waals surface area (Å²) in [7, 11) is 0. The molecule has 5 heteroatoms. The zero-order valence-corrected chi connectivity index (χ0v) is 13.1. The van der Waals surface area contributed by atoms with Crippen LogP contribution >= 0.6 is 0 Å². The van der Waals surface area contributed by atoms with Gasteiger partial charge < -0.3 is 10.5 Å². The van der Waals surface area contributed by atoms with Crippen LogP contribution in [0.2, 0.25) is 0 Å². The van der Waals surface area contributed by atoms with Crippen LogP contribution in [0.4, 0.5) is 5.82 Å². The maximum atomic E-state index is 6.15. The summed E-state index contributed by atoms with van der Waals surface area (Å²) < 4.78 is 8.13. The van der Waals surface area contributed by atoms with Crippen molar-refractivity contribution in [2.75, 3.05) is 5.73 Å². The second-order valence-corrected chi connectivity index (χ2v) is 7.70. The third-order valence-corrected chi connectivity index (χ3v) is 3.75. The van der Waals surface area contributed by atoms with Gasteiger partial charge in [0.1, 0.15) is 0 Å². The van der Waals surface area contributed by atoms with Crippen molar-refractivity contribution in [3.05, 3.63) is 5.69 Å². The Balaban J connectivity index is 2.49. The van der Waals surface area contributed by atoms with Crippen molar-refractivity contribution < 1.29 is 4.74 Å². The molecule has 1 aromatic heterocycles. The van der Waals surface area contributed by atoms with Crippen LogP contribution in [0, 0.1) is 0 Å². The highest BCUT2D eigenvalue weighted by Crippen LogP contribution is 2.46. The third kappa shape index (κ3) is 2.48. The monoisotopic (exact) mass is 266 g/mol. The summed E-state index contributed by atoms with van der Waals surface area (Å²) in [6, 6.07) is 0.154. The number of nitrogen functional groups attached to an aromatic ring is 1. The number of anilines is 1. The fourth-order valence-electron chi connectivity index (χ4n) is 3.17. The maximum absolute atomic E-state index is 6.15. The van der Waals surface area contributed by atoms with Gasteiger partial charge in [-0.15, -0.1) is 5.10 Å². The molecule has 108 valence electrons. The average Bonchev–Trinajstić information content (AvgIpc) is 2.62. The van der Waals surface area contributed by atoms with Gasteiger partial charge in [0.15, 0.2) is 5.82 Å². The molecule has 1 aromatic rings. The van der Waals surface area contributed by atoms with Gasteiger partial charge in [0.2, 0.25) is 0 Å². The minimum Gasteiger partial charge on any atom is -0.381 e. The molecule has 2 N–H and O–H groups in total.